The molecule has 0 unspecified atom stereocenters. The molecule has 14 heavy (non-hydrogen) atoms. The molecule has 1 N–H and O–H groups in total. The number of aromatic nitrogens is 2. The van der Waals surface area contributed by atoms with E-state index in [1.165, 1.54) is 5.69 Å². The Morgan fingerprint density at radius 1 is 1.64 bits per heavy atom. The van der Waals surface area contributed by atoms with Crippen molar-refractivity contribution in [3.63, 3.8) is 0 Å². The maximum absolute atomic E-state index is 10.8. The van der Waals surface area contributed by atoms with Crippen LogP contribution >= 0.6 is 0 Å². The Balaban J connectivity index is 2.10. The van der Waals surface area contributed by atoms with Gasteiger partial charge in [-0.2, -0.15) is 5.10 Å². The Kier molecular flexibility index (Phi) is 2.63. The summed E-state index contributed by atoms with van der Waals surface area (Å²) in [5, 5.41) is 7.22. The Labute approximate surface area is 82.7 Å². The van der Waals surface area contributed by atoms with E-state index in [1.54, 1.807) is 6.92 Å². The van der Waals surface area contributed by atoms with Crippen LogP contribution in [0.15, 0.2) is 0 Å². The van der Waals surface area contributed by atoms with Crippen LogP contribution in [-0.4, -0.2) is 22.6 Å². The minimum atomic E-state index is 0.207. The fraction of sp³-hybridized carbons (Fsp3) is 0.600. The zero-order valence-corrected chi connectivity index (χ0v) is 8.30. The van der Waals surface area contributed by atoms with Crippen molar-refractivity contribution in [1.82, 2.24) is 10.2 Å². The molecule has 0 atom stereocenters. The average Bonchev–Trinajstić information content (AvgIpc) is 2.58. The summed E-state index contributed by atoms with van der Waals surface area (Å²) < 4.78 is 5.36. The Morgan fingerprint density at radius 2 is 2.50 bits per heavy atom. The minimum Gasteiger partial charge on any atom is -0.376 e. The van der Waals surface area contributed by atoms with Crippen LogP contribution < -0.4 is 0 Å². The fourth-order valence-corrected chi connectivity index (χ4v) is 1.67. The molecule has 0 radical (unpaired) electrons. The van der Waals surface area contributed by atoms with Gasteiger partial charge in [0.15, 0.2) is 0 Å². The first kappa shape index (κ1) is 9.40. The van der Waals surface area contributed by atoms with Crippen molar-refractivity contribution in [1.29, 1.82) is 0 Å². The number of hydrogen-bond acceptors (Lipinski definition) is 3. The normalized spacial score (nSPS) is 15.2. The van der Waals surface area contributed by atoms with Crippen LogP contribution in [0.2, 0.25) is 0 Å². The number of aromatic amines is 1. The summed E-state index contributed by atoms with van der Waals surface area (Å²) in [7, 11) is 0. The van der Waals surface area contributed by atoms with Crippen molar-refractivity contribution in [3.8, 4) is 0 Å². The highest BCUT2D eigenvalue weighted by Crippen LogP contribution is 2.18. The number of fused-ring (bicyclic) bond motifs is 1. The lowest BCUT2D eigenvalue weighted by Gasteiger charge is -2.11. The number of rotatable bonds is 3. The maximum Gasteiger partial charge on any atom is 0.130 e. The molecule has 0 fully saturated rings. The molecule has 0 bridgehead atoms. The minimum absolute atomic E-state index is 0.207. The predicted molar refractivity (Wildman–Crippen MR) is 50.9 cm³/mol. The topological polar surface area (TPSA) is 55.0 Å². The molecule has 4 heteroatoms. The number of Topliss-reactive ketones (excluding diaryl/α,β-unsaturated/α-hetero) is 1. The van der Waals surface area contributed by atoms with E-state index in [0.29, 0.717) is 13.0 Å². The third-order valence-electron chi connectivity index (χ3n) is 2.50. The molecule has 1 aliphatic rings. The average molecular weight is 194 g/mol. The van der Waals surface area contributed by atoms with Gasteiger partial charge in [-0.1, -0.05) is 0 Å². The number of hydrogen-bond donors (Lipinski definition) is 1. The number of H-pyrrole nitrogens is 1. The van der Waals surface area contributed by atoms with E-state index in [9.17, 15) is 4.79 Å². The van der Waals surface area contributed by atoms with E-state index in [0.717, 1.165) is 30.7 Å². The van der Waals surface area contributed by atoms with Crippen LogP contribution in [0.3, 0.4) is 0 Å². The highest BCUT2D eigenvalue weighted by atomic mass is 16.5. The third kappa shape index (κ3) is 1.85. The van der Waals surface area contributed by atoms with E-state index >= 15 is 0 Å². The molecule has 0 saturated heterocycles. The van der Waals surface area contributed by atoms with Gasteiger partial charge in [-0.3, -0.25) is 5.10 Å². The van der Waals surface area contributed by atoms with Crippen LogP contribution in [0, 0.1) is 0 Å². The molecule has 2 rings (SSSR count). The molecule has 1 aliphatic heterocycles. The Morgan fingerprint density at radius 3 is 3.29 bits per heavy atom. The number of carbonyl (C=O) groups is 1. The highest BCUT2D eigenvalue weighted by molar-refractivity contribution is 5.75. The molecule has 76 valence electrons. The van der Waals surface area contributed by atoms with Crippen LogP contribution in [0.5, 0.6) is 0 Å². The third-order valence-corrected chi connectivity index (χ3v) is 2.50. The van der Waals surface area contributed by atoms with Crippen LogP contribution in [0.4, 0.5) is 0 Å². The number of nitrogens with one attached hydrogen (secondary N) is 1. The largest absolute Gasteiger partial charge is 0.376 e. The lowest BCUT2D eigenvalue weighted by Crippen LogP contribution is -2.10. The number of nitrogens with zero attached hydrogens (tertiary/aromatic N) is 1. The smallest absolute Gasteiger partial charge is 0.130 e. The first-order valence-electron chi connectivity index (χ1n) is 4.89. The summed E-state index contributed by atoms with van der Waals surface area (Å²) in [6, 6.07) is 0. The van der Waals surface area contributed by atoms with Gasteiger partial charge >= 0.3 is 0 Å². The molecular formula is C10H14N2O2. The Bertz CT molecular complexity index is 344. The summed E-state index contributed by atoms with van der Waals surface area (Å²) in [5.41, 5.74) is 3.34. The molecule has 0 aliphatic carbocycles. The molecule has 0 amide bonds. The SMILES string of the molecule is CC(=O)CCc1n[nH]c2c1COCC2. The number of carbonyl (C=O) groups excluding carboxylic acids is 1. The zero-order chi connectivity index (χ0) is 9.97. The van der Waals surface area contributed by atoms with Gasteiger partial charge in [-0.15, -0.1) is 0 Å². The molecule has 0 aromatic carbocycles. The van der Waals surface area contributed by atoms with Gasteiger partial charge in [0.2, 0.25) is 0 Å². The van der Waals surface area contributed by atoms with Gasteiger partial charge in [0, 0.05) is 24.1 Å². The molecule has 0 saturated carbocycles. The van der Waals surface area contributed by atoms with Crippen molar-refractivity contribution in [2.24, 2.45) is 0 Å². The van der Waals surface area contributed by atoms with E-state index in [-0.39, 0.29) is 5.78 Å². The summed E-state index contributed by atoms with van der Waals surface area (Å²) in [4.78, 5) is 10.8. The second kappa shape index (κ2) is 3.92. The molecule has 4 nitrogen and oxygen atoms in total. The quantitative estimate of drug-likeness (QED) is 0.781. The Hall–Kier alpha value is -1.16. The summed E-state index contributed by atoms with van der Waals surface area (Å²) in [6.07, 6.45) is 2.20. The molecule has 2 heterocycles. The molecule has 1 aromatic heterocycles. The van der Waals surface area contributed by atoms with Gasteiger partial charge in [0.25, 0.3) is 0 Å². The maximum atomic E-state index is 10.8. The van der Waals surface area contributed by atoms with Crippen molar-refractivity contribution >= 4 is 5.78 Å². The first-order chi connectivity index (χ1) is 6.77. The first-order valence-corrected chi connectivity index (χ1v) is 4.89. The number of aryl methyl sites for hydroxylation is 1. The van der Waals surface area contributed by atoms with Crippen molar-refractivity contribution in [2.75, 3.05) is 6.61 Å². The van der Waals surface area contributed by atoms with Crippen LogP contribution in [0.25, 0.3) is 0 Å². The summed E-state index contributed by atoms with van der Waals surface area (Å²) in [6.45, 7) is 3.01. The van der Waals surface area contributed by atoms with Crippen molar-refractivity contribution in [3.05, 3.63) is 17.0 Å². The predicted octanol–water partition coefficient (Wildman–Crippen LogP) is 1.00. The summed E-state index contributed by atoms with van der Waals surface area (Å²) >= 11 is 0. The lowest BCUT2D eigenvalue weighted by atomic mass is 10.1. The number of ether oxygens (including phenoxy) is 1. The molecule has 1 aromatic rings. The van der Waals surface area contributed by atoms with Gasteiger partial charge in [-0.25, -0.2) is 0 Å². The van der Waals surface area contributed by atoms with Gasteiger partial charge in [-0.05, 0) is 13.3 Å². The second-order valence-corrected chi connectivity index (χ2v) is 3.63. The van der Waals surface area contributed by atoms with E-state index < -0.39 is 0 Å². The second-order valence-electron chi connectivity index (χ2n) is 3.63. The monoisotopic (exact) mass is 194 g/mol. The zero-order valence-electron chi connectivity index (χ0n) is 8.30. The van der Waals surface area contributed by atoms with Crippen molar-refractivity contribution in [2.45, 2.75) is 32.8 Å². The van der Waals surface area contributed by atoms with E-state index in [2.05, 4.69) is 10.2 Å². The van der Waals surface area contributed by atoms with Gasteiger partial charge in [0.05, 0.1) is 18.9 Å². The molecule has 0 spiro atoms. The van der Waals surface area contributed by atoms with Crippen LogP contribution in [-0.2, 0) is 29.0 Å². The number of ketones is 1. The van der Waals surface area contributed by atoms with Crippen LogP contribution in [0.1, 0.15) is 30.3 Å². The molecular weight excluding hydrogens is 180 g/mol. The van der Waals surface area contributed by atoms with E-state index in [1.807, 2.05) is 0 Å². The summed E-state index contributed by atoms with van der Waals surface area (Å²) in [5.74, 6) is 0.207. The van der Waals surface area contributed by atoms with Gasteiger partial charge in [0.1, 0.15) is 5.78 Å². The van der Waals surface area contributed by atoms with E-state index in [4.69, 9.17) is 4.74 Å². The highest BCUT2D eigenvalue weighted by Gasteiger charge is 2.16. The van der Waals surface area contributed by atoms with Crippen molar-refractivity contribution < 1.29 is 9.53 Å². The lowest BCUT2D eigenvalue weighted by molar-refractivity contribution is -0.117. The standard InChI is InChI=1S/C10H14N2O2/c1-7(13)2-3-9-8-6-14-5-4-10(8)12-11-9/h2-6H2,1H3,(H,11,12). The van der Waals surface area contributed by atoms with Gasteiger partial charge < -0.3 is 9.53 Å². The fourth-order valence-electron chi connectivity index (χ4n) is 1.67.